The van der Waals surface area contributed by atoms with Gasteiger partial charge < -0.3 is 99.5 Å². The highest BCUT2D eigenvalue weighted by atomic mass is 127. The summed E-state index contributed by atoms with van der Waals surface area (Å²) < 4.78 is 27.3. The standard InChI is InChI=1S/C27H28ClNO2.C26H21NO2.C19H15N3O2.C14H14N2O5.C14H13NO2.CH4O4S.HI/c1-27(2)21-9-4-5-10-22(21)29(3)25(27)16-14-20-8-6-7-19(26(20)28)13-11-18-12-15-23(30)24(31)17-18;28-25-18-15-21(19-26(25)29)12-11-20-13-16-24(17-14-20)27(22-7-3-1-4-8-22)23-9-5-2-6-10-23;1-22-16-8-3-2-7-15(16)21-19(22)14(12-20)6-4-5-13-9-10-17(23)18(24)11-13;1-15-12(19)9(13(20)16(2)14(15)21)5-3-8-4-6-10(17)11(18)7-8;1-15-8-6-11(7-9-15)2-3-12-4-5-13(16)14(17)10-12;1-6(3,4)5-2;/h4-5,9-17,30-31H,6-8H2,1-3H3;1-19,28-29H;2-11H,1H3,(H2,21,23,24);3-7,17-19H,1-2H3;2-10,17H,1H3;2H,1H3;1H/b13-11+,20-14+,25-16-;12-11+;;5-3+;;;. The fourth-order valence-corrected chi connectivity index (χ4v) is 13.8. The van der Waals surface area contributed by atoms with Gasteiger partial charge in [-0.25, -0.2) is 27.3 Å². The fraction of sp³-hybridized carbons (Fsp3) is 0.119. The van der Waals surface area contributed by atoms with Crippen molar-refractivity contribution in [1.82, 2.24) is 14.1 Å². The lowest BCUT2D eigenvalue weighted by atomic mass is 9.83. The lowest BCUT2D eigenvalue weighted by molar-refractivity contribution is -0.671. The average Bonchev–Trinajstić information content (AvgIpc) is 1.60. The van der Waals surface area contributed by atoms with Crippen molar-refractivity contribution in [1.29, 1.82) is 5.26 Å². The van der Waals surface area contributed by atoms with Gasteiger partial charge in [0.2, 0.25) is 5.88 Å². The molecule has 0 saturated carbocycles. The van der Waals surface area contributed by atoms with Crippen molar-refractivity contribution < 1.29 is 107 Å². The number of aromatic hydroxyl groups is 11. The van der Waals surface area contributed by atoms with Gasteiger partial charge in [-0.3, -0.25) is 13.9 Å². The fourth-order valence-electron chi connectivity index (χ4n) is 13.5. The lowest BCUT2D eigenvalue weighted by Crippen LogP contribution is -3.00. The van der Waals surface area contributed by atoms with E-state index in [1.165, 1.54) is 104 Å². The third-order valence-electron chi connectivity index (χ3n) is 20.4. The van der Waals surface area contributed by atoms with Gasteiger partial charge >= 0.3 is 5.69 Å². The largest absolute Gasteiger partial charge is 1.00 e. The molecular weight excluding hydrogens is 1790 g/mol. The molecule has 12 N–H and O–H groups in total. The summed E-state index contributed by atoms with van der Waals surface area (Å²) in [4.78, 5) is 31.3. The van der Waals surface area contributed by atoms with Gasteiger partial charge in [-0.05, 0) is 208 Å². The third kappa shape index (κ3) is 26.3. The van der Waals surface area contributed by atoms with Gasteiger partial charge in [0.05, 0.1) is 13.3 Å². The SMILES string of the molecule is CN1/C(=C\C=C2/CCCC(/C=C/c3ccc(O)c(O)c3)=C2Cl)C(C)(C)c2ccccc21.CS(=O)(=O)O[O-].C[n+]1c(/C(C#N)=C/C=C/c2ccc(O)c(O)c2)[nH]c2ccccc21.C[n+]1ccc(/C=C/c2ccc(O)c(O)c2)cc1.Cn1c(O)c(/C=C/c2ccc(O)c(O)c2)c(=O)n(C)c1=O.Oc1ccc(/C=C/c2ccc(N(c3ccccc3)c3ccccc3)cc2)cc1O.[I-]. The zero-order valence-electron chi connectivity index (χ0n) is 71.5. The molecule has 25 nitrogen and oxygen atoms in total. The van der Waals surface area contributed by atoms with Gasteiger partial charge in [-0.2, -0.15) is 5.26 Å². The van der Waals surface area contributed by atoms with Gasteiger partial charge in [-0.1, -0.05) is 195 Å². The van der Waals surface area contributed by atoms with Crippen molar-refractivity contribution in [3.63, 3.8) is 0 Å². The number of aryl methyl sites for hydroxylation is 2. The smallest absolute Gasteiger partial charge is 0.333 e. The van der Waals surface area contributed by atoms with Crippen LogP contribution in [-0.4, -0.2) is 92.0 Å². The summed E-state index contributed by atoms with van der Waals surface area (Å²) in [6.45, 7) is 4.53. The number of aromatic nitrogens is 5. The molecule has 1 aliphatic carbocycles. The maximum absolute atomic E-state index is 12.0. The topological polar surface area (TPSA) is 387 Å². The zero-order valence-corrected chi connectivity index (χ0v) is 75.2. The molecule has 13 aromatic rings. The van der Waals surface area contributed by atoms with Gasteiger partial charge in [-0.15, -0.1) is 0 Å². The number of likely N-dealkylation sites (N-methyl/N-ethyl adjacent to an activating group) is 1. The van der Waals surface area contributed by atoms with Crippen LogP contribution in [0.2, 0.25) is 0 Å². The van der Waals surface area contributed by atoms with Gasteiger partial charge in [0.1, 0.15) is 24.3 Å². The number of nitrogens with one attached hydrogen (secondary N) is 1. The number of H-pyrrole nitrogens is 1. The van der Waals surface area contributed by atoms with Crippen LogP contribution < -0.4 is 59.4 Å². The number of phenolic OH excluding ortho intramolecular Hbond substituents is 10. The molecule has 129 heavy (non-hydrogen) atoms. The minimum absolute atomic E-state index is 0. The predicted molar refractivity (Wildman–Crippen MR) is 501 cm³/mol. The molecule has 662 valence electrons. The number of hydrogen-bond donors (Lipinski definition) is 12. The van der Waals surface area contributed by atoms with Gasteiger partial charge in [0.25, 0.3) is 21.5 Å². The second kappa shape index (κ2) is 45.2. The predicted octanol–water partition coefficient (Wildman–Crippen LogP) is 14.5. The molecule has 15 rings (SSSR count). The highest BCUT2D eigenvalue weighted by Gasteiger charge is 2.38. The van der Waals surface area contributed by atoms with E-state index in [4.69, 9.17) is 16.9 Å². The first-order valence-corrected chi connectivity index (χ1v) is 42.0. The molecule has 4 heterocycles. The van der Waals surface area contributed by atoms with Crippen molar-refractivity contribution in [2.45, 2.75) is 38.5 Å². The number of phenols is 10. The second-order valence-electron chi connectivity index (χ2n) is 29.9. The number of benzene rings is 10. The van der Waals surface area contributed by atoms with Gasteiger partial charge in [0, 0.05) is 72.2 Å². The van der Waals surface area contributed by atoms with Crippen LogP contribution in [0.25, 0.3) is 65.2 Å². The summed E-state index contributed by atoms with van der Waals surface area (Å²) in [5.41, 5.74) is 16.3. The highest BCUT2D eigenvalue weighted by Crippen LogP contribution is 2.47. The maximum atomic E-state index is 12.0. The Kier molecular flexibility index (Phi) is 34.2. The van der Waals surface area contributed by atoms with E-state index < -0.39 is 27.2 Å². The normalized spacial score (nSPS) is 13.5. The number of pyridine rings is 1. The van der Waals surface area contributed by atoms with Gasteiger partial charge in [0.15, 0.2) is 80.9 Å². The van der Waals surface area contributed by atoms with E-state index in [9.17, 15) is 79.4 Å². The Hall–Kier alpha value is -15.1. The summed E-state index contributed by atoms with van der Waals surface area (Å²) in [6, 6.07) is 74.4. The van der Waals surface area contributed by atoms with E-state index in [1.54, 1.807) is 48.6 Å². The number of allylic oxidation sites excluding steroid dienone is 10. The Morgan fingerprint density at radius 3 is 1.39 bits per heavy atom. The number of fused-ring (bicyclic) bond motifs is 2. The molecule has 10 aromatic carbocycles. The quantitative estimate of drug-likeness (QED) is 0.00625. The number of rotatable bonds is 16. The second-order valence-corrected chi connectivity index (χ2v) is 31.8. The number of halogens is 2. The minimum Gasteiger partial charge on any atom is -1.00 e. The Labute approximate surface area is 768 Å². The molecule has 28 heteroatoms. The lowest BCUT2D eigenvalue weighted by Gasteiger charge is -2.25. The van der Waals surface area contributed by atoms with Crippen LogP contribution in [0.3, 0.4) is 0 Å². The van der Waals surface area contributed by atoms with E-state index in [2.05, 4.69) is 131 Å². The van der Waals surface area contributed by atoms with Crippen LogP contribution in [0.1, 0.15) is 89.0 Å². The number of anilines is 4. The van der Waals surface area contributed by atoms with Crippen LogP contribution in [0.4, 0.5) is 22.7 Å². The van der Waals surface area contributed by atoms with Crippen LogP contribution in [0, 0.1) is 11.3 Å². The van der Waals surface area contributed by atoms with E-state index in [-0.39, 0.29) is 92.5 Å². The van der Waals surface area contributed by atoms with E-state index in [0.717, 1.165) is 112 Å². The third-order valence-corrected chi connectivity index (χ3v) is 21.2. The van der Waals surface area contributed by atoms with E-state index in [0.29, 0.717) is 17.4 Å². The van der Waals surface area contributed by atoms with Crippen LogP contribution in [0.15, 0.2) is 311 Å². The van der Waals surface area contributed by atoms with Crippen molar-refractivity contribution in [2.24, 2.45) is 28.2 Å². The first-order chi connectivity index (χ1) is 61.1. The molecule has 0 unspecified atom stereocenters. The Bertz CT molecular complexity index is 6710. The molecule has 0 bridgehead atoms. The van der Waals surface area contributed by atoms with Crippen molar-refractivity contribution in [3.05, 3.63) is 378 Å². The van der Waals surface area contributed by atoms with Crippen molar-refractivity contribution >= 4 is 110 Å². The van der Waals surface area contributed by atoms with Crippen LogP contribution in [-0.2, 0) is 48.1 Å². The Morgan fingerprint density at radius 2 is 0.930 bits per heavy atom. The molecular formula is C101H96ClIN8O17S. The molecule has 0 amide bonds. The summed E-state index contributed by atoms with van der Waals surface area (Å²) in [7, 11) is 4.93. The average molecular weight is 1890 g/mol. The number of nitrogens with zero attached hydrogens (tertiary/aromatic N) is 7. The van der Waals surface area contributed by atoms with Crippen LogP contribution >= 0.6 is 11.6 Å². The summed E-state index contributed by atoms with van der Waals surface area (Å²) in [5, 5.41) is 123. The molecule has 2 aliphatic rings. The molecule has 3 aromatic heterocycles. The molecule has 0 saturated heterocycles. The molecule has 0 atom stereocenters. The number of imidazole rings is 1. The number of para-hydroxylation sites is 5. The number of nitriles is 1. The molecule has 0 fully saturated rings. The number of aromatic amines is 1. The first kappa shape index (κ1) is 97.7. The first-order valence-electron chi connectivity index (χ1n) is 39.8. The summed E-state index contributed by atoms with van der Waals surface area (Å²) in [6.07, 6.45) is 31.6. The Balaban J connectivity index is 0.000000181. The molecule has 0 spiro atoms. The zero-order chi connectivity index (χ0) is 92.5. The van der Waals surface area contributed by atoms with Crippen molar-refractivity contribution in [2.75, 3.05) is 23.1 Å². The molecule has 0 radical (unpaired) electrons. The molecule has 1 aliphatic heterocycles. The maximum Gasteiger partial charge on any atom is 0.333 e. The highest BCUT2D eigenvalue weighted by molar-refractivity contribution is 7.85. The van der Waals surface area contributed by atoms with Crippen molar-refractivity contribution in [3.8, 4) is 69.4 Å². The van der Waals surface area contributed by atoms with E-state index in [1.807, 2.05) is 145 Å². The monoisotopic (exact) mass is 1890 g/mol. The summed E-state index contributed by atoms with van der Waals surface area (Å²) >= 11 is 6.78. The minimum atomic E-state index is -3.72. The van der Waals surface area contributed by atoms with Crippen LogP contribution in [0.5, 0.6) is 63.4 Å². The Morgan fingerprint density at radius 1 is 0.519 bits per heavy atom. The summed E-state index contributed by atoms with van der Waals surface area (Å²) in [5.74, 6) is -1.30. The number of hydrogen-bond acceptors (Lipinski definition) is 20. The van der Waals surface area contributed by atoms with E-state index >= 15 is 0 Å².